The molecule has 0 bridgehead atoms. The molecule has 1 aromatic carbocycles. The standard InChI is InChI=1S/C19H27N3O3/c1-16-5-4-6-17(13-16)25-15-19(24)22-11-9-20(10-12-22)14-18(23)21-7-2-3-8-21/h4-6,13H,2-3,7-12,14-15H2,1H3. The third kappa shape index (κ3) is 4.95. The van der Waals surface area contributed by atoms with E-state index in [2.05, 4.69) is 4.90 Å². The zero-order valence-corrected chi connectivity index (χ0v) is 14.9. The van der Waals surface area contributed by atoms with Crippen molar-refractivity contribution in [3.8, 4) is 5.75 Å². The van der Waals surface area contributed by atoms with Gasteiger partial charge in [-0.15, -0.1) is 0 Å². The second-order valence-electron chi connectivity index (χ2n) is 6.85. The molecule has 0 radical (unpaired) electrons. The molecule has 2 heterocycles. The fraction of sp³-hybridized carbons (Fsp3) is 0.579. The first-order chi connectivity index (χ1) is 12.1. The summed E-state index contributed by atoms with van der Waals surface area (Å²) in [5.41, 5.74) is 1.11. The van der Waals surface area contributed by atoms with Crippen molar-refractivity contribution >= 4 is 11.8 Å². The van der Waals surface area contributed by atoms with E-state index >= 15 is 0 Å². The molecular weight excluding hydrogens is 318 g/mol. The summed E-state index contributed by atoms with van der Waals surface area (Å²) in [5, 5.41) is 0. The Balaban J connectivity index is 1.39. The second kappa shape index (κ2) is 8.34. The van der Waals surface area contributed by atoms with Gasteiger partial charge in [0.1, 0.15) is 5.75 Å². The van der Waals surface area contributed by atoms with Gasteiger partial charge in [-0.3, -0.25) is 14.5 Å². The van der Waals surface area contributed by atoms with Crippen molar-refractivity contribution in [3.63, 3.8) is 0 Å². The second-order valence-corrected chi connectivity index (χ2v) is 6.85. The van der Waals surface area contributed by atoms with Gasteiger partial charge in [-0.2, -0.15) is 0 Å². The minimum absolute atomic E-state index is 0.00651. The smallest absolute Gasteiger partial charge is 0.260 e. The summed E-state index contributed by atoms with van der Waals surface area (Å²) in [5.74, 6) is 0.954. The Morgan fingerprint density at radius 3 is 2.32 bits per heavy atom. The fourth-order valence-corrected chi connectivity index (χ4v) is 3.35. The highest BCUT2D eigenvalue weighted by atomic mass is 16.5. The molecule has 0 atom stereocenters. The highest BCUT2D eigenvalue weighted by Gasteiger charge is 2.25. The molecule has 0 spiro atoms. The van der Waals surface area contributed by atoms with Gasteiger partial charge in [-0.05, 0) is 37.5 Å². The molecule has 0 aromatic heterocycles. The van der Waals surface area contributed by atoms with Gasteiger partial charge < -0.3 is 14.5 Å². The summed E-state index contributed by atoms with van der Waals surface area (Å²) in [6.45, 7) is 7.13. The number of aryl methyl sites for hydroxylation is 1. The first-order valence-corrected chi connectivity index (χ1v) is 9.09. The van der Waals surface area contributed by atoms with Gasteiger partial charge in [-0.25, -0.2) is 0 Å². The van der Waals surface area contributed by atoms with E-state index in [0.717, 1.165) is 50.3 Å². The Morgan fingerprint density at radius 1 is 0.960 bits per heavy atom. The predicted octanol–water partition coefficient (Wildman–Crippen LogP) is 1.14. The molecule has 0 unspecified atom stereocenters. The number of carbonyl (C=O) groups excluding carboxylic acids is 2. The maximum Gasteiger partial charge on any atom is 0.260 e. The van der Waals surface area contributed by atoms with Crippen LogP contribution in [0.5, 0.6) is 5.75 Å². The quantitative estimate of drug-likeness (QED) is 0.803. The Morgan fingerprint density at radius 2 is 1.64 bits per heavy atom. The van der Waals surface area contributed by atoms with Gasteiger partial charge in [0.2, 0.25) is 5.91 Å². The molecule has 2 amide bonds. The normalized spacial score (nSPS) is 18.4. The maximum absolute atomic E-state index is 12.3. The summed E-state index contributed by atoms with van der Waals surface area (Å²) < 4.78 is 5.60. The van der Waals surface area contributed by atoms with Crippen LogP contribution in [0.3, 0.4) is 0 Å². The lowest BCUT2D eigenvalue weighted by Crippen LogP contribution is -2.52. The zero-order chi connectivity index (χ0) is 17.6. The van der Waals surface area contributed by atoms with Gasteiger partial charge in [-0.1, -0.05) is 12.1 Å². The van der Waals surface area contributed by atoms with E-state index in [1.165, 1.54) is 0 Å². The Bertz CT molecular complexity index is 606. The van der Waals surface area contributed by atoms with E-state index in [4.69, 9.17) is 4.74 Å². The van der Waals surface area contributed by atoms with Crippen molar-refractivity contribution in [2.24, 2.45) is 0 Å². The summed E-state index contributed by atoms with van der Waals surface area (Å²) in [6, 6.07) is 7.71. The number of rotatable bonds is 5. The molecule has 1 aromatic rings. The SMILES string of the molecule is Cc1cccc(OCC(=O)N2CCN(CC(=O)N3CCCC3)CC2)c1. The van der Waals surface area contributed by atoms with E-state index < -0.39 is 0 Å². The molecule has 0 aliphatic carbocycles. The summed E-state index contributed by atoms with van der Waals surface area (Å²) in [4.78, 5) is 30.4. The van der Waals surface area contributed by atoms with Crippen LogP contribution < -0.4 is 4.74 Å². The molecular formula is C19H27N3O3. The van der Waals surface area contributed by atoms with Crippen LogP contribution in [0.15, 0.2) is 24.3 Å². The first-order valence-electron chi connectivity index (χ1n) is 9.09. The topological polar surface area (TPSA) is 53.1 Å². The Labute approximate surface area is 149 Å². The molecule has 0 saturated carbocycles. The predicted molar refractivity (Wildman–Crippen MR) is 95.5 cm³/mol. The van der Waals surface area contributed by atoms with Crippen LogP contribution in [0.25, 0.3) is 0 Å². The van der Waals surface area contributed by atoms with Crippen molar-refractivity contribution in [1.82, 2.24) is 14.7 Å². The van der Waals surface area contributed by atoms with E-state index in [-0.39, 0.29) is 18.4 Å². The summed E-state index contributed by atoms with van der Waals surface area (Å²) >= 11 is 0. The average Bonchev–Trinajstić information content (AvgIpc) is 3.15. The van der Waals surface area contributed by atoms with Gasteiger partial charge in [0, 0.05) is 39.3 Å². The lowest BCUT2D eigenvalue weighted by Gasteiger charge is -2.35. The average molecular weight is 345 g/mol. The molecule has 25 heavy (non-hydrogen) atoms. The van der Waals surface area contributed by atoms with E-state index in [1.807, 2.05) is 41.0 Å². The van der Waals surface area contributed by atoms with Crippen molar-refractivity contribution in [3.05, 3.63) is 29.8 Å². The van der Waals surface area contributed by atoms with Crippen molar-refractivity contribution in [1.29, 1.82) is 0 Å². The highest BCUT2D eigenvalue weighted by molar-refractivity contribution is 5.79. The summed E-state index contributed by atoms with van der Waals surface area (Å²) in [7, 11) is 0. The summed E-state index contributed by atoms with van der Waals surface area (Å²) in [6.07, 6.45) is 2.24. The number of hydrogen-bond donors (Lipinski definition) is 0. The number of benzene rings is 1. The Kier molecular flexibility index (Phi) is 5.91. The number of likely N-dealkylation sites (tertiary alicyclic amines) is 1. The van der Waals surface area contributed by atoms with Crippen molar-refractivity contribution < 1.29 is 14.3 Å². The molecule has 6 heteroatoms. The number of hydrogen-bond acceptors (Lipinski definition) is 4. The largest absolute Gasteiger partial charge is 0.484 e. The molecule has 136 valence electrons. The van der Waals surface area contributed by atoms with E-state index in [9.17, 15) is 9.59 Å². The van der Waals surface area contributed by atoms with Crippen LogP contribution in [0.2, 0.25) is 0 Å². The molecule has 2 fully saturated rings. The minimum Gasteiger partial charge on any atom is -0.484 e. The van der Waals surface area contributed by atoms with Crippen LogP contribution >= 0.6 is 0 Å². The third-order valence-electron chi connectivity index (χ3n) is 4.89. The van der Waals surface area contributed by atoms with Crippen LogP contribution in [0.4, 0.5) is 0 Å². The molecule has 2 saturated heterocycles. The van der Waals surface area contributed by atoms with Crippen molar-refractivity contribution in [2.75, 3.05) is 52.4 Å². The maximum atomic E-state index is 12.3. The number of carbonyl (C=O) groups is 2. The highest BCUT2D eigenvalue weighted by Crippen LogP contribution is 2.13. The minimum atomic E-state index is 0.00651. The van der Waals surface area contributed by atoms with Crippen LogP contribution in [0, 0.1) is 6.92 Å². The molecule has 2 aliphatic heterocycles. The molecule has 2 aliphatic rings. The zero-order valence-electron chi connectivity index (χ0n) is 14.9. The molecule has 0 N–H and O–H groups in total. The van der Waals surface area contributed by atoms with Gasteiger partial charge in [0.25, 0.3) is 5.91 Å². The van der Waals surface area contributed by atoms with Gasteiger partial charge in [0.15, 0.2) is 6.61 Å². The number of nitrogens with zero attached hydrogens (tertiary/aromatic N) is 3. The van der Waals surface area contributed by atoms with Crippen molar-refractivity contribution in [2.45, 2.75) is 19.8 Å². The van der Waals surface area contributed by atoms with E-state index in [1.54, 1.807) is 0 Å². The number of ether oxygens (including phenoxy) is 1. The van der Waals surface area contributed by atoms with Crippen LogP contribution in [-0.2, 0) is 9.59 Å². The van der Waals surface area contributed by atoms with Gasteiger partial charge >= 0.3 is 0 Å². The van der Waals surface area contributed by atoms with Gasteiger partial charge in [0.05, 0.1) is 6.54 Å². The van der Waals surface area contributed by atoms with Crippen LogP contribution in [-0.4, -0.2) is 78.9 Å². The lowest BCUT2D eigenvalue weighted by atomic mass is 10.2. The monoisotopic (exact) mass is 345 g/mol. The first kappa shape index (κ1) is 17.7. The number of amides is 2. The molecule has 6 nitrogen and oxygen atoms in total. The van der Waals surface area contributed by atoms with Crippen LogP contribution in [0.1, 0.15) is 18.4 Å². The molecule has 3 rings (SSSR count). The lowest BCUT2D eigenvalue weighted by molar-refractivity contribution is -0.136. The van der Waals surface area contributed by atoms with E-state index in [0.29, 0.717) is 19.6 Å². The third-order valence-corrected chi connectivity index (χ3v) is 4.89. The Hall–Kier alpha value is -2.08. The fourth-order valence-electron chi connectivity index (χ4n) is 3.35. The number of piperazine rings is 1.